The van der Waals surface area contributed by atoms with E-state index in [9.17, 15) is 4.79 Å². The van der Waals surface area contributed by atoms with Gasteiger partial charge in [0.1, 0.15) is 0 Å². The number of rotatable bonds is 8. The summed E-state index contributed by atoms with van der Waals surface area (Å²) >= 11 is 0. The number of piperazine rings is 1. The number of carbonyl (C=O) groups excluding carboxylic acids is 1. The average Bonchev–Trinajstić information content (AvgIpc) is 2.73. The molecule has 5 heteroatoms. The maximum absolute atomic E-state index is 12.4. The average molecular weight is 364 g/mol. The summed E-state index contributed by atoms with van der Waals surface area (Å²) in [5.41, 5.74) is 2.23. The SMILES string of the molecule is O=C(CCNCc1ccccn1)N1CCN(C/C=C/c2ccccc2)CC1. The van der Waals surface area contributed by atoms with E-state index in [4.69, 9.17) is 0 Å². The highest BCUT2D eigenvalue weighted by atomic mass is 16.2. The summed E-state index contributed by atoms with van der Waals surface area (Å²) in [5.74, 6) is 0.239. The monoisotopic (exact) mass is 364 g/mol. The van der Waals surface area contributed by atoms with Crippen molar-refractivity contribution in [3.05, 3.63) is 72.1 Å². The molecule has 1 amide bonds. The van der Waals surface area contributed by atoms with Gasteiger partial charge in [0.25, 0.3) is 0 Å². The third kappa shape index (κ3) is 6.62. The molecule has 1 aliphatic heterocycles. The molecule has 5 nitrogen and oxygen atoms in total. The molecule has 142 valence electrons. The van der Waals surface area contributed by atoms with Crippen LogP contribution in [0.15, 0.2) is 60.8 Å². The molecule has 3 rings (SSSR count). The predicted octanol–water partition coefficient (Wildman–Crippen LogP) is 2.42. The van der Waals surface area contributed by atoms with E-state index in [1.807, 2.05) is 29.2 Å². The van der Waals surface area contributed by atoms with Gasteiger partial charge in [-0.15, -0.1) is 0 Å². The largest absolute Gasteiger partial charge is 0.340 e. The zero-order valence-electron chi connectivity index (χ0n) is 15.8. The lowest BCUT2D eigenvalue weighted by Gasteiger charge is -2.34. The molecule has 1 aromatic carbocycles. The lowest BCUT2D eigenvalue weighted by molar-refractivity contribution is -0.132. The van der Waals surface area contributed by atoms with Gasteiger partial charge in [0.05, 0.1) is 5.69 Å². The first-order chi connectivity index (χ1) is 13.3. The Bertz CT molecular complexity index is 710. The van der Waals surface area contributed by atoms with Gasteiger partial charge in [0.2, 0.25) is 5.91 Å². The second-order valence-electron chi connectivity index (χ2n) is 6.74. The van der Waals surface area contributed by atoms with Crippen LogP contribution in [0.4, 0.5) is 0 Å². The van der Waals surface area contributed by atoms with Gasteiger partial charge in [-0.2, -0.15) is 0 Å². The number of nitrogens with zero attached hydrogens (tertiary/aromatic N) is 3. The van der Waals surface area contributed by atoms with Gasteiger partial charge in [0.15, 0.2) is 0 Å². The van der Waals surface area contributed by atoms with Crippen molar-refractivity contribution in [1.82, 2.24) is 20.1 Å². The van der Waals surface area contributed by atoms with Crippen LogP contribution in [0.25, 0.3) is 6.08 Å². The van der Waals surface area contributed by atoms with Gasteiger partial charge in [0, 0.05) is 58.4 Å². The number of hydrogen-bond donors (Lipinski definition) is 1. The van der Waals surface area contributed by atoms with Crippen molar-refractivity contribution in [1.29, 1.82) is 0 Å². The normalized spacial score (nSPS) is 15.3. The Labute approximate surface area is 161 Å². The molecule has 1 aliphatic rings. The van der Waals surface area contributed by atoms with Crippen LogP contribution in [0.5, 0.6) is 0 Å². The number of carbonyl (C=O) groups is 1. The van der Waals surface area contributed by atoms with E-state index < -0.39 is 0 Å². The zero-order chi connectivity index (χ0) is 18.7. The van der Waals surface area contributed by atoms with Gasteiger partial charge in [-0.3, -0.25) is 14.7 Å². The molecule has 0 atom stereocenters. The molecule has 0 bridgehead atoms. The van der Waals surface area contributed by atoms with Crippen LogP contribution in [0.1, 0.15) is 17.7 Å². The third-order valence-electron chi connectivity index (χ3n) is 4.75. The second-order valence-corrected chi connectivity index (χ2v) is 6.74. The maximum atomic E-state index is 12.4. The molecule has 1 N–H and O–H groups in total. The highest BCUT2D eigenvalue weighted by molar-refractivity contribution is 5.76. The Morgan fingerprint density at radius 1 is 1.04 bits per heavy atom. The third-order valence-corrected chi connectivity index (χ3v) is 4.75. The van der Waals surface area contributed by atoms with E-state index in [0.29, 0.717) is 19.5 Å². The molecule has 1 saturated heterocycles. The van der Waals surface area contributed by atoms with Crippen molar-refractivity contribution in [2.24, 2.45) is 0 Å². The van der Waals surface area contributed by atoms with Crippen LogP contribution in [0.3, 0.4) is 0 Å². The first-order valence-electron chi connectivity index (χ1n) is 9.63. The minimum absolute atomic E-state index is 0.239. The van der Waals surface area contributed by atoms with E-state index in [0.717, 1.165) is 38.4 Å². The van der Waals surface area contributed by atoms with Crippen molar-refractivity contribution < 1.29 is 4.79 Å². The minimum atomic E-state index is 0.239. The zero-order valence-corrected chi connectivity index (χ0v) is 15.8. The fourth-order valence-electron chi connectivity index (χ4n) is 3.15. The first kappa shape index (κ1) is 19.3. The number of aromatic nitrogens is 1. The van der Waals surface area contributed by atoms with Crippen LogP contribution in [0, 0.1) is 0 Å². The van der Waals surface area contributed by atoms with Gasteiger partial charge in [-0.05, 0) is 17.7 Å². The molecule has 27 heavy (non-hydrogen) atoms. The molecule has 0 unspecified atom stereocenters. The summed E-state index contributed by atoms with van der Waals surface area (Å²) in [4.78, 5) is 21.0. The molecule has 2 heterocycles. The number of pyridine rings is 1. The highest BCUT2D eigenvalue weighted by Gasteiger charge is 2.19. The summed E-state index contributed by atoms with van der Waals surface area (Å²) in [7, 11) is 0. The topological polar surface area (TPSA) is 48.5 Å². The van der Waals surface area contributed by atoms with E-state index in [1.165, 1.54) is 5.56 Å². The molecule has 1 fully saturated rings. The number of nitrogens with one attached hydrogen (secondary N) is 1. The fraction of sp³-hybridized carbons (Fsp3) is 0.364. The lowest BCUT2D eigenvalue weighted by atomic mass is 10.2. The number of benzene rings is 1. The quantitative estimate of drug-likeness (QED) is 0.731. The van der Waals surface area contributed by atoms with Gasteiger partial charge in [-0.1, -0.05) is 48.6 Å². The molecular weight excluding hydrogens is 336 g/mol. The molecule has 2 aromatic rings. The van der Waals surface area contributed by atoms with E-state index in [2.05, 4.69) is 51.6 Å². The Kier molecular flexibility index (Phi) is 7.56. The van der Waals surface area contributed by atoms with Gasteiger partial charge < -0.3 is 10.2 Å². The molecule has 0 spiro atoms. The summed E-state index contributed by atoms with van der Waals surface area (Å²) in [6.07, 6.45) is 6.69. The maximum Gasteiger partial charge on any atom is 0.223 e. The summed E-state index contributed by atoms with van der Waals surface area (Å²) < 4.78 is 0. The number of amides is 1. The Morgan fingerprint density at radius 2 is 1.81 bits per heavy atom. The van der Waals surface area contributed by atoms with E-state index in [1.54, 1.807) is 6.20 Å². The molecule has 0 aliphatic carbocycles. The Hall–Kier alpha value is -2.50. The highest BCUT2D eigenvalue weighted by Crippen LogP contribution is 2.06. The van der Waals surface area contributed by atoms with Crippen molar-refractivity contribution in [2.75, 3.05) is 39.3 Å². The lowest BCUT2D eigenvalue weighted by Crippen LogP contribution is -2.49. The summed E-state index contributed by atoms with van der Waals surface area (Å²) in [5, 5.41) is 3.29. The summed E-state index contributed by atoms with van der Waals surface area (Å²) in [6.45, 7) is 5.84. The summed E-state index contributed by atoms with van der Waals surface area (Å²) in [6, 6.07) is 16.2. The van der Waals surface area contributed by atoms with Crippen LogP contribution in [-0.4, -0.2) is 60.0 Å². The molecule has 0 radical (unpaired) electrons. The van der Waals surface area contributed by atoms with Gasteiger partial charge >= 0.3 is 0 Å². The van der Waals surface area contributed by atoms with Crippen molar-refractivity contribution in [2.45, 2.75) is 13.0 Å². The predicted molar refractivity (Wildman–Crippen MR) is 109 cm³/mol. The van der Waals surface area contributed by atoms with E-state index in [-0.39, 0.29) is 5.91 Å². The van der Waals surface area contributed by atoms with Crippen LogP contribution < -0.4 is 5.32 Å². The smallest absolute Gasteiger partial charge is 0.223 e. The van der Waals surface area contributed by atoms with Crippen molar-refractivity contribution in [3.8, 4) is 0 Å². The van der Waals surface area contributed by atoms with Crippen molar-refractivity contribution >= 4 is 12.0 Å². The number of hydrogen-bond acceptors (Lipinski definition) is 4. The second kappa shape index (κ2) is 10.6. The fourth-order valence-corrected chi connectivity index (χ4v) is 3.15. The molecule has 1 aromatic heterocycles. The Morgan fingerprint density at radius 3 is 2.56 bits per heavy atom. The molecular formula is C22H28N4O. The first-order valence-corrected chi connectivity index (χ1v) is 9.63. The minimum Gasteiger partial charge on any atom is -0.340 e. The van der Waals surface area contributed by atoms with Gasteiger partial charge in [-0.25, -0.2) is 0 Å². The van der Waals surface area contributed by atoms with E-state index >= 15 is 0 Å². The molecule has 0 saturated carbocycles. The van der Waals surface area contributed by atoms with Crippen LogP contribution >= 0.6 is 0 Å². The Balaban J connectivity index is 1.30. The van der Waals surface area contributed by atoms with Crippen LogP contribution in [-0.2, 0) is 11.3 Å². The standard InChI is InChI=1S/C22H28N4O/c27-22(11-13-23-19-21-10-4-5-12-24-21)26-17-15-25(16-18-26)14-6-9-20-7-2-1-3-8-20/h1-10,12,23H,11,13-19H2/b9-6+. The van der Waals surface area contributed by atoms with Crippen molar-refractivity contribution in [3.63, 3.8) is 0 Å². The van der Waals surface area contributed by atoms with Crippen LogP contribution in [0.2, 0.25) is 0 Å².